The molecule has 0 spiro atoms. The third-order valence-electron chi connectivity index (χ3n) is 2.02. The molecule has 0 amide bonds. The van der Waals surface area contributed by atoms with Gasteiger partial charge < -0.3 is 1.43 Å². The maximum Gasteiger partial charge on any atom is 1.00 e. The number of aromatic nitrogens is 3. The van der Waals surface area contributed by atoms with E-state index in [2.05, 4.69) is 15.0 Å². The summed E-state index contributed by atoms with van der Waals surface area (Å²) in [5.41, 5.74) is -0.0280. The van der Waals surface area contributed by atoms with Gasteiger partial charge in [0.15, 0.2) is 0 Å². The molecule has 0 aliphatic heterocycles. The van der Waals surface area contributed by atoms with Crippen molar-refractivity contribution < 1.29 is 44.0 Å². The van der Waals surface area contributed by atoms with Crippen LogP contribution in [0.3, 0.4) is 0 Å². The van der Waals surface area contributed by atoms with Crippen molar-refractivity contribution in [1.82, 2.24) is 15.0 Å². The third kappa shape index (κ3) is 4.01. The maximum absolute atomic E-state index is 11.5. The van der Waals surface area contributed by atoms with E-state index in [0.29, 0.717) is 9.33 Å². The topological polar surface area (TPSA) is 96.3 Å². The minimum atomic E-state index is -4.65. The van der Waals surface area contributed by atoms with Crippen molar-refractivity contribution in [2.45, 2.75) is 0 Å². The van der Waals surface area contributed by atoms with Gasteiger partial charge in [-0.05, 0) is 18.2 Å². The van der Waals surface area contributed by atoms with Gasteiger partial charge in [-0.15, -0.1) is 0 Å². The maximum atomic E-state index is 11.5. The number of hydrogen-bond donors (Lipinski definition) is 1. The fourth-order valence-corrected chi connectivity index (χ4v) is 2.57. The van der Waals surface area contributed by atoms with Crippen molar-refractivity contribution in [2.24, 2.45) is 0 Å². The molecule has 20 heavy (non-hydrogen) atoms. The van der Waals surface area contributed by atoms with Crippen molar-refractivity contribution in [3.8, 4) is 0 Å². The molecule has 1 aromatic carbocycles. The SMILES string of the molecule is O=S(=O)(O)N(c1ncncn1)c1ccc(Cl)cc1Cl.[H-].[Na+]. The average Bonchev–Trinajstić information content (AvgIpc) is 2.32. The normalized spacial score (nSPS) is 10.8. The summed E-state index contributed by atoms with van der Waals surface area (Å²) < 4.78 is 32.7. The molecular weight excluding hydrogens is 338 g/mol. The Morgan fingerprint density at radius 1 is 1.20 bits per heavy atom. The van der Waals surface area contributed by atoms with Gasteiger partial charge in [0.05, 0.1) is 10.7 Å². The Morgan fingerprint density at radius 3 is 2.30 bits per heavy atom. The molecule has 0 saturated carbocycles. The summed E-state index contributed by atoms with van der Waals surface area (Å²) in [7, 11) is -4.65. The van der Waals surface area contributed by atoms with Crippen LogP contribution >= 0.6 is 23.2 Å². The molecule has 1 N–H and O–H groups in total. The predicted octanol–water partition coefficient (Wildman–Crippen LogP) is -0.764. The number of benzene rings is 1. The van der Waals surface area contributed by atoms with Crippen LogP contribution in [0.5, 0.6) is 0 Å². The smallest absolute Gasteiger partial charge is 1.00 e. The van der Waals surface area contributed by atoms with Crippen LogP contribution in [0.25, 0.3) is 0 Å². The van der Waals surface area contributed by atoms with Gasteiger partial charge in [0.25, 0.3) is 0 Å². The molecular formula is C9H7Cl2N4NaO3S. The van der Waals surface area contributed by atoms with Gasteiger partial charge in [-0.2, -0.15) is 22.7 Å². The second kappa shape index (κ2) is 6.99. The molecule has 0 fully saturated rings. The van der Waals surface area contributed by atoms with Crippen molar-refractivity contribution in [2.75, 3.05) is 4.31 Å². The van der Waals surface area contributed by atoms with Gasteiger partial charge in [0.2, 0.25) is 5.95 Å². The minimum Gasteiger partial charge on any atom is -1.00 e. The van der Waals surface area contributed by atoms with E-state index in [1.165, 1.54) is 18.2 Å². The van der Waals surface area contributed by atoms with E-state index in [9.17, 15) is 13.0 Å². The summed E-state index contributed by atoms with van der Waals surface area (Å²) in [5, 5.41) is 0.338. The zero-order chi connectivity index (χ0) is 14.0. The molecule has 0 saturated heterocycles. The van der Waals surface area contributed by atoms with E-state index in [1.54, 1.807) is 0 Å². The summed E-state index contributed by atoms with van der Waals surface area (Å²) in [4.78, 5) is 10.9. The fraction of sp³-hybridized carbons (Fsp3) is 0. The number of hydrogen-bond acceptors (Lipinski definition) is 5. The Labute approximate surface area is 148 Å². The van der Waals surface area contributed by atoms with Crippen molar-refractivity contribution in [1.29, 1.82) is 0 Å². The van der Waals surface area contributed by atoms with Gasteiger partial charge in [-0.25, -0.2) is 4.98 Å². The van der Waals surface area contributed by atoms with Crippen molar-refractivity contribution in [3.05, 3.63) is 40.9 Å². The molecule has 2 aromatic rings. The summed E-state index contributed by atoms with van der Waals surface area (Å²) in [6.07, 6.45) is 2.18. The van der Waals surface area contributed by atoms with Crippen LogP contribution in [0.4, 0.5) is 11.6 Å². The summed E-state index contributed by atoms with van der Waals surface area (Å²) >= 11 is 11.6. The summed E-state index contributed by atoms with van der Waals surface area (Å²) in [5.74, 6) is -0.290. The molecule has 11 heteroatoms. The van der Waals surface area contributed by atoms with Crippen molar-refractivity contribution in [3.63, 3.8) is 0 Å². The molecule has 0 bridgehead atoms. The van der Waals surface area contributed by atoms with Crippen LogP contribution in [-0.2, 0) is 10.3 Å². The number of halogens is 2. The first-order valence-electron chi connectivity index (χ1n) is 4.74. The van der Waals surface area contributed by atoms with Gasteiger partial charge in [-0.3, -0.25) is 4.55 Å². The van der Waals surface area contributed by atoms with Crippen LogP contribution < -0.4 is 33.9 Å². The van der Waals surface area contributed by atoms with Crippen LogP contribution in [0, 0.1) is 0 Å². The molecule has 0 aliphatic carbocycles. The quantitative estimate of drug-likeness (QED) is 0.580. The molecule has 0 aliphatic rings. The average molecular weight is 345 g/mol. The van der Waals surface area contributed by atoms with E-state index in [1.807, 2.05) is 0 Å². The zero-order valence-corrected chi connectivity index (χ0v) is 14.4. The van der Waals surface area contributed by atoms with E-state index in [4.69, 9.17) is 23.2 Å². The first kappa shape index (κ1) is 17.6. The monoisotopic (exact) mass is 344 g/mol. The Bertz CT molecular complexity index is 707. The molecule has 2 rings (SSSR count). The Balaban J connectivity index is 0.00000200. The van der Waals surface area contributed by atoms with Gasteiger partial charge >= 0.3 is 39.9 Å². The molecule has 7 nitrogen and oxygen atoms in total. The molecule has 0 unspecified atom stereocenters. The molecule has 1 aromatic heterocycles. The number of anilines is 2. The Morgan fingerprint density at radius 2 is 1.80 bits per heavy atom. The largest absolute Gasteiger partial charge is 1.00 e. The summed E-state index contributed by atoms with van der Waals surface area (Å²) in [6, 6.07) is 4.07. The van der Waals surface area contributed by atoms with Gasteiger partial charge in [0.1, 0.15) is 12.7 Å². The van der Waals surface area contributed by atoms with Crippen LogP contribution in [-0.4, -0.2) is 27.9 Å². The van der Waals surface area contributed by atoms with E-state index in [-0.39, 0.29) is 47.6 Å². The fourth-order valence-electron chi connectivity index (χ4n) is 1.32. The Kier molecular flexibility index (Phi) is 6.14. The second-order valence-electron chi connectivity index (χ2n) is 3.28. The summed E-state index contributed by atoms with van der Waals surface area (Å²) in [6.45, 7) is 0. The van der Waals surface area contributed by atoms with Crippen LogP contribution in [0.15, 0.2) is 30.9 Å². The van der Waals surface area contributed by atoms with Crippen molar-refractivity contribution >= 4 is 45.1 Å². The van der Waals surface area contributed by atoms with E-state index in [0.717, 1.165) is 12.7 Å². The van der Waals surface area contributed by atoms with Gasteiger partial charge in [0, 0.05) is 5.02 Å². The molecule has 0 radical (unpaired) electrons. The second-order valence-corrected chi connectivity index (χ2v) is 5.38. The minimum absolute atomic E-state index is 0. The third-order valence-corrected chi connectivity index (χ3v) is 3.38. The van der Waals surface area contributed by atoms with Crippen LogP contribution in [0.1, 0.15) is 1.43 Å². The number of nitrogens with zero attached hydrogens (tertiary/aromatic N) is 4. The molecule has 0 atom stereocenters. The zero-order valence-electron chi connectivity index (χ0n) is 11.1. The van der Waals surface area contributed by atoms with Crippen LogP contribution in [0.2, 0.25) is 10.0 Å². The van der Waals surface area contributed by atoms with Gasteiger partial charge in [-0.1, -0.05) is 23.2 Å². The standard InChI is InChI=1S/C9H6Cl2N4O3S.Na.H/c10-6-1-2-8(7(11)3-6)15(19(16,17)18)9-13-4-12-5-14-9;;/h1-5H,(H,16,17,18);;/q;+1;-1. The van der Waals surface area contributed by atoms with E-state index < -0.39 is 10.3 Å². The predicted molar refractivity (Wildman–Crippen MR) is 71.1 cm³/mol. The first-order valence-corrected chi connectivity index (χ1v) is 6.89. The molecule has 102 valence electrons. The Hall–Kier alpha value is -0.480. The van der Waals surface area contributed by atoms with E-state index >= 15 is 0 Å². The molecule has 1 heterocycles. The number of rotatable bonds is 3. The first-order chi connectivity index (χ1) is 8.89.